The van der Waals surface area contributed by atoms with Gasteiger partial charge in [-0.2, -0.15) is 0 Å². The Balaban J connectivity index is 2.55. The maximum Gasteiger partial charge on any atom is 0.190 e. The maximum absolute atomic E-state index is 6.09. The van der Waals surface area contributed by atoms with E-state index in [1.165, 1.54) is 11.3 Å². The average Bonchev–Trinajstić information content (AvgIpc) is 2.40. The number of aromatic nitrogens is 2. The zero-order chi connectivity index (χ0) is 16.4. The standard InChI is InChI=1S/C15H17Cl2N3S2/c1-8(2)20(9(3)4)14-18-13(19-15(21)22-14)10-5-6-11(16)12(17)7-10/h5-9H,1-4H3. The predicted molar refractivity (Wildman–Crippen MR) is 99.0 cm³/mol. The van der Waals surface area contributed by atoms with Gasteiger partial charge in [-0.1, -0.05) is 34.5 Å². The molecule has 0 N–H and O–H groups in total. The van der Waals surface area contributed by atoms with Crippen molar-refractivity contribution in [2.45, 2.75) is 39.8 Å². The van der Waals surface area contributed by atoms with Gasteiger partial charge in [0.15, 0.2) is 14.9 Å². The number of hydrogen-bond acceptors (Lipinski definition) is 5. The lowest BCUT2D eigenvalue weighted by atomic mass is 10.2. The van der Waals surface area contributed by atoms with Gasteiger partial charge in [0, 0.05) is 17.6 Å². The average molecular weight is 374 g/mol. The summed E-state index contributed by atoms with van der Waals surface area (Å²) in [5.74, 6) is 0.573. The van der Waals surface area contributed by atoms with Gasteiger partial charge >= 0.3 is 0 Å². The van der Waals surface area contributed by atoms with Gasteiger partial charge in [0.1, 0.15) is 0 Å². The molecular formula is C15H17Cl2N3S2. The number of rotatable bonds is 4. The van der Waals surface area contributed by atoms with Crippen molar-refractivity contribution >= 4 is 51.9 Å². The molecule has 1 heterocycles. The van der Waals surface area contributed by atoms with E-state index in [0.717, 1.165) is 10.7 Å². The first-order chi connectivity index (χ1) is 10.3. The molecule has 0 bridgehead atoms. The molecule has 22 heavy (non-hydrogen) atoms. The summed E-state index contributed by atoms with van der Waals surface area (Å²) < 4.78 is 0.553. The first-order valence-corrected chi connectivity index (χ1v) is 8.90. The van der Waals surface area contributed by atoms with Crippen LogP contribution in [0.4, 0.5) is 5.13 Å². The van der Waals surface area contributed by atoms with Crippen LogP contribution in [0.5, 0.6) is 0 Å². The molecule has 2 rings (SSSR count). The smallest absolute Gasteiger partial charge is 0.190 e. The van der Waals surface area contributed by atoms with Crippen molar-refractivity contribution in [2.24, 2.45) is 0 Å². The molecule has 0 aliphatic heterocycles. The highest BCUT2D eigenvalue weighted by Gasteiger charge is 2.18. The van der Waals surface area contributed by atoms with Crippen LogP contribution in [-0.2, 0) is 0 Å². The van der Waals surface area contributed by atoms with Gasteiger partial charge in [0.05, 0.1) is 10.0 Å². The number of anilines is 1. The summed E-state index contributed by atoms with van der Waals surface area (Å²) in [6, 6.07) is 5.99. The number of hydrogen-bond donors (Lipinski definition) is 0. The lowest BCUT2D eigenvalue weighted by Crippen LogP contribution is -2.37. The molecule has 0 radical (unpaired) electrons. The molecule has 0 saturated heterocycles. The Morgan fingerprint density at radius 2 is 1.68 bits per heavy atom. The minimum absolute atomic E-state index is 0.321. The van der Waals surface area contributed by atoms with Crippen LogP contribution in [0.25, 0.3) is 11.4 Å². The predicted octanol–water partition coefficient (Wildman–Crippen LogP) is 5.86. The molecule has 0 amide bonds. The molecule has 0 atom stereocenters. The lowest BCUT2D eigenvalue weighted by Gasteiger charge is -2.31. The first-order valence-electron chi connectivity index (χ1n) is 6.92. The molecule has 0 saturated carbocycles. The molecule has 0 unspecified atom stereocenters. The van der Waals surface area contributed by atoms with E-state index >= 15 is 0 Å². The van der Waals surface area contributed by atoms with E-state index in [1.807, 2.05) is 6.07 Å². The van der Waals surface area contributed by atoms with Crippen LogP contribution >= 0.6 is 46.8 Å². The second kappa shape index (κ2) is 7.21. The zero-order valence-corrected chi connectivity index (χ0v) is 15.9. The van der Waals surface area contributed by atoms with Crippen LogP contribution < -0.4 is 4.90 Å². The third-order valence-corrected chi connectivity index (χ3v) is 4.92. The monoisotopic (exact) mass is 373 g/mol. The van der Waals surface area contributed by atoms with E-state index in [1.54, 1.807) is 12.1 Å². The third-order valence-electron chi connectivity index (χ3n) is 3.09. The van der Waals surface area contributed by atoms with Crippen molar-refractivity contribution in [1.82, 2.24) is 9.97 Å². The summed E-state index contributed by atoms with van der Waals surface area (Å²) in [5.41, 5.74) is 0.807. The van der Waals surface area contributed by atoms with Crippen LogP contribution in [0.2, 0.25) is 10.0 Å². The van der Waals surface area contributed by atoms with E-state index in [9.17, 15) is 0 Å². The van der Waals surface area contributed by atoms with Gasteiger partial charge < -0.3 is 4.90 Å². The molecule has 7 heteroatoms. The fourth-order valence-corrected chi connectivity index (χ4v) is 3.79. The summed E-state index contributed by atoms with van der Waals surface area (Å²) >= 11 is 18.8. The highest BCUT2D eigenvalue weighted by molar-refractivity contribution is 7.73. The quantitative estimate of drug-likeness (QED) is 0.627. The number of benzene rings is 1. The van der Waals surface area contributed by atoms with E-state index in [2.05, 4.69) is 42.6 Å². The molecule has 1 aromatic heterocycles. The van der Waals surface area contributed by atoms with E-state index in [0.29, 0.717) is 31.9 Å². The summed E-state index contributed by atoms with van der Waals surface area (Å²) in [4.78, 5) is 11.3. The molecule has 0 spiro atoms. The molecule has 0 aliphatic rings. The Morgan fingerprint density at radius 3 is 2.23 bits per heavy atom. The van der Waals surface area contributed by atoms with Gasteiger partial charge in [-0.25, -0.2) is 9.97 Å². The third kappa shape index (κ3) is 3.96. The largest absolute Gasteiger partial charge is 0.343 e. The number of halogens is 2. The Kier molecular flexibility index (Phi) is 5.77. The van der Waals surface area contributed by atoms with E-state index < -0.39 is 0 Å². The highest BCUT2D eigenvalue weighted by Crippen LogP contribution is 2.30. The van der Waals surface area contributed by atoms with E-state index in [4.69, 9.17) is 35.4 Å². The van der Waals surface area contributed by atoms with Crippen molar-refractivity contribution in [3.05, 3.63) is 32.2 Å². The molecular weight excluding hydrogens is 357 g/mol. The molecule has 2 aromatic rings. The second-order valence-electron chi connectivity index (χ2n) is 5.42. The van der Waals surface area contributed by atoms with Crippen LogP contribution in [0, 0.1) is 3.95 Å². The van der Waals surface area contributed by atoms with Crippen molar-refractivity contribution in [2.75, 3.05) is 4.90 Å². The summed E-state index contributed by atoms with van der Waals surface area (Å²) in [5, 5.41) is 1.85. The Labute approximate surface area is 149 Å². The zero-order valence-electron chi connectivity index (χ0n) is 12.8. The Hall–Kier alpha value is -0.750. The maximum atomic E-state index is 6.09. The van der Waals surface area contributed by atoms with Crippen molar-refractivity contribution in [1.29, 1.82) is 0 Å². The summed E-state index contributed by atoms with van der Waals surface area (Å²) in [7, 11) is 0. The molecule has 0 aliphatic carbocycles. The minimum atomic E-state index is 0.321. The summed E-state index contributed by atoms with van der Waals surface area (Å²) in [6.07, 6.45) is 0. The van der Waals surface area contributed by atoms with Crippen molar-refractivity contribution in [3.63, 3.8) is 0 Å². The minimum Gasteiger partial charge on any atom is -0.343 e. The fourth-order valence-electron chi connectivity index (χ4n) is 2.24. The molecule has 3 nitrogen and oxygen atoms in total. The first kappa shape index (κ1) is 17.6. The van der Waals surface area contributed by atoms with Gasteiger partial charge in [0.2, 0.25) is 0 Å². The van der Waals surface area contributed by atoms with Gasteiger partial charge in [0.25, 0.3) is 0 Å². The Morgan fingerprint density at radius 1 is 1.05 bits per heavy atom. The molecule has 118 valence electrons. The van der Waals surface area contributed by atoms with E-state index in [-0.39, 0.29) is 0 Å². The van der Waals surface area contributed by atoms with Gasteiger partial charge in [-0.3, -0.25) is 0 Å². The normalized spacial score (nSPS) is 11.3. The van der Waals surface area contributed by atoms with Gasteiger partial charge in [-0.05, 0) is 58.1 Å². The topological polar surface area (TPSA) is 29.0 Å². The van der Waals surface area contributed by atoms with Crippen LogP contribution in [-0.4, -0.2) is 22.1 Å². The molecule has 0 fully saturated rings. The summed E-state index contributed by atoms with van der Waals surface area (Å²) in [6.45, 7) is 8.54. The Bertz CT molecular complexity index is 721. The van der Waals surface area contributed by atoms with Crippen LogP contribution in [0.3, 0.4) is 0 Å². The fraction of sp³-hybridized carbons (Fsp3) is 0.400. The highest BCUT2D eigenvalue weighted by atomic mass is 35.5. The SMILES string of the molecule is CC(C)N(c1nc(-c2ccc(Cl)c(Cl)c2)nc(=S)s1)C(C)C. The van der Waals surface area contributed by atoms with Crippen LogP contribution in [0.15, 0.2) is 18.2 Å². The van der Waals surface area contributed by atoms with Gasteiger partial charge in [-0.15, -0.1) is 0 Å². The van der Waals surface area contributed by atoms with Crippen molar-refractivity contribution in [3.8, 4) is 11.4 Å². The lowest BCUT2D eigenvalue weighted by molar-refractivity contribution is 0.605. The number of nitrogens with zero attached hydrogens (tertiary/aromatic N) is 3. The second-order valence-corrected chi connectivity index (χ2v) is 7.84. The molecule has 1 aromatic carbocycles. The van der Waals surface area contributed by atoms with Crippen LogP contribution in [0.1, 0.15) is 27.7 Å². The van der Waals surface area contributed by atoms with Crippen molar-refractivity contribution < 1.29 is 0 Å².